The highest BCUT2D eigenvalue weighted by Gasteiger charge is 2.11. The average Bonchev–Trinajstić information content (AvgIpc) is 2.43. The molecule has 4 nitrogen and oxygen atoms in total. The quantitative estimate of drug-likeness (QED) is 0.911. The standard InChI is InChI=1S/C14H14BrF2N3O/c1-8(2)20-14(21)13(15)12(7-19-20)18-6-9-5-10(16)3-4-11(9)17/h3-5,7-8,18H,6H2,1-2H3. The molecule has 1 N–H and O–H groups in total. The second-order valence-electron chi connectivity index (χ2n) is 4.80. The molecule has 0 atom stereocenters. The lowest BCUT2D eigenvalue weighted by Gasteiger charge is -2.12. The summed E-state index contributed by atoms with van der Waals surface area (Å²) in [7, 11) is 0. The molecule has 0 spiro atoms. The van der Waals surface area contributed by atoms with Crippen LogP contribution < -0.4 is 10.9 Å². The Hall–Kier alpha value is -1.76. The van der Waals surface area contributed by atoms with E-state index >= 15 is 0 Å². The van der Waals surface area contributed by atoms with Crippen LogP contribution >= 0.6 is 15.9 Å². The lowest BCUT2D eigenvalue weighted by molar-refractivity contribution is 0.501. The van der Waals surface area contributed by atoms with Gasteiger partial charge in [-0.3, -0.25) is 4.79 Å². The summed E-state index contributed by atoms with van der Waals surface area (Å²) in [5.74, 6) is -1.02. The molecule has 0 fully saturated rings. The van der Waals surface area contributed by atoms with E-state index in [9.17, 15) is 13.6 Å². The Morgan fingerprint density at radius 1 is 1.38 bits per heavy atom. The van der Waals surface area contributed by atoms with Crippen LogP contribution in [0.4, 0.5) is 14.5 Å². The number of anilines is 1. The molecule has 2 aromatic rings. The smallest absolute Gasteiger partial charge is 0.283 e. The van der Waals surface area contributed by atoms with Gasteiger partial charge >= 0.3 is 0 Å². The number of rotatable bonds is 4. The highest BCUT2D eigenvalue weighted by molar-refractivity contribution is 9.10. The van der Waals surface area contributed by atoms with Gasteiger partial charge in [-0.15, -0.1) is 0 Å². The fraction of sp³-hybridized carbons (Fsp3) is 0.286. The Bertz CT molecular complexity index is 716. The first-order valence-electron chi connectivity index (χ1n) is 6.35. The third-order valence-electron chi connectivity index (χ3n) is 2.91. The van der Waals surface area contributed by atoms with Gasteiger partial charge < -0.3 is 5.32 Å². The summed E-state index contributed by atoms with van der Waals surface area (Å²) < 4.78 is 28.3. The van der Waals surface area contributed by atoms with Crippen molar-refractivity contribution < 1.29 is 8.78 Å². The Labute approximate surface area is 128 Å². The molecule has 112 valence electrons. The first-order chi connectivity index (χ1) is 9.90. The van der Waals surface area contributed by atoms with E-state index in [-0.39, 0.29) is 23.7 Å². The monoisotopic (exact) mass is 357 g/mol. The topological polar surface area (TPSA) is 46.9 Å². The molecule has 0 radical (unpaired) electrons. The fourth-order valence-electron chi connectivity index (χ4n) is 1.81. The molecule has 0 aliphatic heterocycles. The van der Waals surface area contributed by atoms with E-state index in [1.165, 1.54) is 10.9 Å². The second-order valence-corrected chi connectivity index (χ2v) is 5.60. The Balaban J connectivity index is 2.23. The molecular formula is C14H14BrF2N3O. The van der Waals surface area contributed by atoms with E-state index in [0.717, 1.165) is 18.2 Å². The minimum absolute atomic E-state index is 0.0506. The molecule has 1 heterocycles. The Kier molecular flexibility index (Phi) is 4.72. The van der Waals surface area contributed by atoms with E-state index < -0.39 is 11.6 Å². The summed E-state index contributed by atoms with van der Waals surface area (Å²) in [6.45, 7) is 3.74. The lowest BCUT2D eigenvalue weighted by Crippen LogP contribution is -2.26. The van der Waals surface area contributed by atoms with Crippen molar-refractivity contribution in [3.63, 3.8) is 0 Å². The van der Waals surface area contributed by atoms with Gasteiger partial charge in [0.25, 0.3) is 5.56 Å². The van der Waals surface area contributed by atoms with Crippen molar-refractivity contribution in [1.29, 1.82) is 0 Å². The fourth-order valence-corrected chi connectivity index (χ4v) is 2.23. The van der Waals surface area contributed by atoms with Gasteiger partial charge in [0.05, 0.1) is 17.9 Å². The minimum atomic E-state index is -0.513. The summed E-state index contributed by atoms with van der Waals surface area (Å²) in [5, 5.41) is 6.91. The Morgan fingerprint density at radius 3 is 2.76 bits per heavy atom. The van der Waals surface area contributed by atoms with Gasteiger partial charge in [-0.05, 0) is 48.0 Å². The molecule has 2 rings (SSSR count). The normalized spacial score (nSPS) is 11.0. The third-order valence-corrected chi connectivity index (χ3v) is 3.68. The van der Waals surface area contributed by atoms with Gasteiger partial charge in [-0.2, -0.15) is 5.10 Å². The molecular weight excluding hydrogens is 344 g/mol. The number of nitrogens with one attached hydrogen (secondary N) is 1. The van der Waals surface area contributed by atoms with Crippen LogP contribution in [0, 0.1) is 11.6 Å². The zero-order valence-electron chi connectivity index (χ0n) is 11.5. The van der Waals surface area contributed by atoms with Crippen molar-refractivity contribution in [1.82, 2.24) is 9.78 Å². The number of benzene rings is 1. The Morgan fingerprint density at radius 2 is 2.10 bits per heavy atom. The number of aromatic nitrogens is 2. The highest BCUT2D eigenvalue weighted by atomic mass is 79.9. The minimum Gasteiger partial charge on any atom is -0.378 e. The van der Waals surface area contributed by atoms with Crippen molar-refractivity contribution >= 4 is 21.6 Å². The van der Waals surface area contributed by atoms with E-state index in [2.05, 4.69) is 26.3 Å². The molecule has 1 aromatic heterocycles. The van der Waals surface area contributed by atoms with Crippen molar-refractivity contribution in [2.45, 2.75) is 26.4 Å². The van der Waals surface area contributed by atoms with Gasteiger partial charge in [0, 0.05) is 12.1 Å². The third kappa shape index (κ3) is 3.47. The van der Waals surface area contributed by atoms with Crippen LogP contribution in [0.1, 0.15) is 25.5 Å². The molecule has 0 bridgehead atoms. The lowest BCUT2D eigenvalue weighted by atomic mass is 10.2. The summed E-state index contributed by atoms with van der Waals surface area (Å²) in [6, 6.07) is 3.17. The molecule has 0 saturated carbocycles. The van der Waals surface area contributed by atoms with E-state index in [0.29, 0.717) is 10.2 Å². The van der Waals surface area contributed by atoms with Crippen molar-refractivity contribution in [3.05, 3.63) is 56.4 Å². The maximum absolute atomic E-state index is 13.5. The molecule has 1 aromatic carbocycles. The van der Waals surface area contributed by atoms with Gasteiger partial charge in [-0.1, -0.05) is 0 Å². The van der Waals surface area contributed by atoms with Gasteiger partial charge in [0.2, 0.25) is 0 Å². The van der Waals surface area contributed by atoms with E-state index in [1.54, 1.807) is 0 Å². The maximum atomic E-state index is 13.5. The number of nitrogens with zero attached hydrogens (tertiary/aromatic N) is 2. The summed E-state index contributed by atoms with van der Waals surface area (Å²) in [4.78, 5) is 12.0. The summed E-state index contributed by atoms with van der Waals surface area (Å²) >= 11 is 3.20. The van der Waals surface area contributed by atoms with Gasteiger partial charge in [-0.25, -0.2) is 13.5 Å². The number of halogens is 3. The van der Waals surface area contributed by atoms with Crippen molar-refractivity contribution in [2.24, 2.45) is 0 Å². The highest BCUT2D eigenvalue weighted by Crippen LogP contribution is 2.19. The average molecular weight is 358 g/mol. The van der Waals surface area contributed by atoms with Gasteiger partial charge in [0.15, 0.2) is 0 Å². The van der Waals surface area contributed by atoms with Crippen LogP contribution in [0.3, 0.4) is 0 Å². The van der Waals surface area contributed by atoms with Crippen LogP contribution in [0.15, 0.2) is 33.7 Å². The van der Waals surface area contributed by atoms with Crippen LogP contribution in [0.2, 0.25) is 0 Å². The molecule has 7 heteroatoms. The largest absolute Gasteiger partial charge is 0.378 e. The van der Waals surface area contributed by atoms with Crippen LogP contribution in [0.25, 0.3) is 0 Å². The van der Waals surface area contributed by atoms with Crippen LogP contribution in [-0.2, 0) is 6.54 Å². The zero-order chi connectivity index (χ0) is 15.6. The second kappa shape index (κ2) is 6.34. The molecule has 21 heavy (non-hydrogen) atoms. The van der Waals surface area contributed by atoms with Crippen LogP contribution in [-0.4, -0.2) is 9.78 Å². The van der Waals surface area contributed by atoms with E-state index in [4.69, 9.17) is 0 Å². The first-order valence-corrected chi connectivity index (χ1v) is 7.14. The molecule has 0 unspecified atom stereocenters. The SMILES string of the molecule is CC(C)n1ncc(NCc2cc(F)ccc2F)c(Br)c1=O. The number of hydrogen-bond donors (Lipinski definition) is 1. The van der Waals surface area contributed by atoms with Gasteiger partial charge in [0.1, 0.15) is 16.1 Å². The number of hydrogen-bond acceptors (Lipinski definition) is 3. The van der Waals surface area contributed by atoms with Crippen molar-refractivity contribution in [2.75, 3.05) is 5.32 Å². The first kappa shape index (κ1) is 15.6. The predicted octanol–water partition coefficient (Wildman–Crippen LogP) is 3.48. The molecule has 0 saturated heterocycles. The summed E-state index contributed by atoms with van der Waals surface area (Å²) in [5.41, 5.74) is 0.324. The van der Waals surface area contributed by atoms with Crippen LogP contribution in [0.5, 0.6) is 0 Å². The zero-order valence-corrected chi connectivity index (χ0v) is 13.1. The van der Waals surface area contributed by atoms with Crippen molar-refractivity contribution in [3.8, 4) is 0 Å². The predicted molar refractivity (Wildman–Crippen MR) is 80.3 cm³/mol. The maximum Gasteiger partial charge on any atom is 0.283 e. The van der Waals surface area contributed by atoms with E-state index in [1.807, 2.05) is 13.8 Å². The molecule has 0 aliphatic carbocycles. The molecule has 0 aliphatic rings. The molecule has 0 amide bonds. The summed E-state index contributed by atoms with van der Waals surface area (Å²) in [6.07, 6.45) is 1.47.